The third-order valence-corrected chi connectivity index (χ3v) is 5.88. The second kappa shape index (κ2) is 8.31. The van der Waals surface area contributed by atoms with E-state index in [1.165, 1.54) is 4.90 Å². The van der Waals surface area contributed by atoms with Crippen LogP contribution in [0.15, 0.2) is 55.2 Å². The Hall–Kier alpha value is -4.32. The smallest absolute Gasteiger partial charge is 0.407 e. The molecule has 9 nitrogen and oxygen atoms in total. The third-order valence-electron chi connectivity index (χ3n) is 5.88. The van der Waals surface area contributed by atoms with Crippen LogP contribution in [0.4, 0.5) is 4.79 Å². The Bertz CT molecular complexity index is 1380. The van der Waals surface area contributed by atoms with Crippen molar-refractivity contribution in [1.82, 2.24) is 29.3 Å². The van der Waals surface area contributed by atoms with Gasteiger partial charge in [0.15, 0.2) is 0 Å². The first kappa shape index (κ1) is 20.6. The Labute approximate surface area is 190 Å². The molecule has 5 rings (SSSR count). The fourth-order valence-electron chi connectivity index (χ4n) is 4.13. The Morgan fingerprint density at radius 1 is 1.24 bits per heavy atom. The molecule has 33 heavy (non-hydrogen) atoms. The van der Waals surface area contributed by atoms with Gasteiger partial charge < -0.3 is 14.7 Å². The second-order valence-electron chi connectivity index (χ2n) is 7.95. The highest BCUT2D eigenvalue weighted by Crippen LogP contribution is 2.31. The topological polar surface area (TPSA) is 97.8 Å². The van der Waals surface area contributed by atoms with Gasteiger partial charge in [0, 0.05) is 55.4 Å². The molecule has 0 radical (unpaired) electrons. The first-order valence-electron chi connectivity index (χ1n) is 10.5. The van der Waals surface area contributed by atoms with E-state index in [0.717, 1.165) is 27.9 Å². The molecule has 0 spiro atoms. The molecule has 9 heteroatoms. The molecule has 0 aromatic carbocycles. The minimum Gasteiger partial charge on any atom is -0.494 e. The van der Waals surface area contributed by atoms with E-state index in [4.69, 9.17) is 4.74 Å². The van der Waals surface area contributed by atoms with Gasteiger partial charge in [-0.3, -0.25) is 9.67 Å². The van der Waals surface area contributed by atoms with Crippen LogP contribution in [0, 0.1) is 17.8 Å². The summed E-state index contributed by atoms with van der Waals surface area (Å²) in [6.45, 7) is 0.376. The van der Waals surface area contributed by atoms with Crippen LogP contribution in [0.2, 0.25) is 0 Å². The molecule has 2 unspecified atom stereocenters. The van der Waals surface area contributed by atoms with Crippen LogP contribution in [0.1, 0.15) is 11.3 Å². The number of hydrogen-bond acceptors (Lipinski definition) is 5. The predicted molar refractivity (Wildman–Crippen MR) is 121 cm³/mol. The van der Waals surface area contributed by atoms with Crippen LogP contribution < -0.4 is 4.74 Å². The maximum atomic E-state index is 11.6. The van der Waals surface area contributed by atoms with Crippen LogP contribution >= 0.6 is 0 Å². The molecule has 5 heterocycles. The number of nitrogens with zero attached hydrogens (tertiary/aromatic N) is 6. The van der Waals surface area contributed by atoms with Crippen molar-refractivity contribution in [3.63, 3.8) is 0 Å². The average Bonchev–Trinajstić information content (AvgIpc) is 3.43. The number of methoxy groups -OCH3 is 1. The Morgan fingerprint density at radius 3 is 2.82 bits per heavy atom. The number of pyridine rings is 2. The van der Waals surface area contributed by atoms with Gasteiger partial charge in [-0.05, 0) is 18.2 Å². The van der Waals surface area contributed by atoms with Gasteiger partial charge in [-0.25, -0.2) is 9.31 Å². The van der Waals surface area contributed by atoms with Crippen molar-refractivity contribution in [2.24, 2.45) is 13.0 Å². The average molecular weight is 442 g/mol. The molecule has 4 aromatic rings. The highest BCUT2D eigenvalue weighted by atomic mass is 16.5. The van der Waals surface area contributed by atoms with E-state index in [1.54, 1.807) is 34.9 Å². The molecule has 1 fully saturated rings. The van der Waals surface area contributed by atoms with Gasteiger partial charge in [-0.15, -0.1) is 0 Å². The maximum Gasteiger partial charge on any atom is 0.407 e. The largest absolute Gasteiger partial charge is 0.494 e. The molecule has 1 amide bonds. The lowest BCUT2D eigenvalue weighted by molar-refractivity contribution is 0.0472. The van der Waals surface area contributed by atoms with E-state index in [1.807, 2.05) is 43.7 Å². The number of amides is 1. The number of hydrogen-bond donors (Lipinski definition) is 1. The molecule has 1 saturated heterocycles. The summed E-state index contributed by atoms with van der Waals surface area (Å²) in [5, 5.41) is 18.2. The van der Waals surface area contributed by atoms with Crippen molar-refractivity contribution in [3.8, 4) is 28.7 Å². The van der Waals surface area contributed by atoms with Gasteiger partial charge in [0.2, 0.25) is 0 Å². The fraction of sp³-hybridized carbons (Fsp3) is 0.250. The number of aromatic nitrogens is 5. The van der Waals surface area contributed by atoms with Crippen LogP contribution in [-0.2, 0) is 13.5 Å². The van der Waals surface area contributed by atoms with Crippen LogP contribution in [-0.4, -0.2) is 60.2 Å². The predicted octanol–water partition coefficient (Wildman–Crippen LogP) is 2.71. The minimum absolute atomic E-state index is 0.0845. The molecule has 0 saturated carbocycles. The van der Waals surface area contributed by atoms with Gasteiger partial charge in [0.25, 0.3) is 0 Å². The van der Waals surface area contributed by atoms with E-state index in [9.17, 15) is 9.90 Å². The van der Waals surface area contributed by atoms with Crippen LogP contribution in [0.25, 0.3) is 16.6 Å². The molecular formula is C24H22N6O3. The number of ether oxygens (including phenoxy) is 1. The summed E-state index contributed by atoms with van der Waals surface area (Å²) in [4.78, 5) is 17.3. The number of carbonyl (C=O) groups is 1. The van der Waals surface area contributed by atoms with Crippen LogP contribution in [0.3, 0.4) is 0 Å². The summed E-state index contributed by atoms with van der Waals surface area (Å²) < 4.78 is 9.13. The van der Waals surface area contributed by atoms with Gasteiger partial charge in [-0.1, -0.05) is 17.9 Å². The number of carboxylic acid groups (broad SMARTS) is 1. The van der Waals surface area contributed by atoms with Crippen molar-refractivity contribution >= 4 is 11.6 Å². The van der Waals surface area contributed by atoms with Crippen molar-refractivity contribution in [1.29, 1.82) is 0 Å². The van der Waals surface area contributed by atoms with E-state index >= 15 is 0 Å². The zero-order valence-corrected chi connectivity index (χ0v) is 18.2. The monoisotopic (exact) mass is 442 g/mol. The van der Waals surface area contributed by atoms with E-state index < -0.39 is 6.09 Å². The summed E-state index contributed by atoms with van der Waals surface area (Å²) in [7, 11) is 3.49. The number of likely N-dealkylation sites (tertiary alicyclic amines) is 1. The normalized spacial score (nSPS) is 17.3. The molecule has 4 aromatic heterocycles. The molecule has 1 aliphatic rings. The lowest BCUT2D eigenvalue weighted by atomic mass is 9.86. The van der Waals surface area contributed by atoms with E-state index in [0.29, 0.717) is 18.7 Å². The van der Waals surface area contributed by atoms with Crippen LogP contribution in [0.5, 0.6) is 5.75 Å². The Morgan fingerprint density at radius 2 is 2.12 bits per heavy atom. The van der Waals surface area contributed by atoms with Crippen molar-refractivity contribution in [2.75, 3.05) is 13.7 Å². The zero-order valence-electron chi connectivity index (χ0n) is 18.2. The number of rotatable bonds is 4. The summed E-state index contributed by atoms with van der Waals surface area (Å²) >= 11 is 0. The van der Waals surface area contributed by atoms with Gasteiger partial charge in [0.05, 0.1) is 37.0 Å². The molecule has 1 N–H and O–H groups in total. The van der Waals surface area contributed by atoms with Crippen molar-refractivity contribution < 1.29 is 14.6 Å². The highest BCUT2D eigenvalue weighted by molar-refractivity contribution is 5.75. The first-order valence-corrected chi connectivity index (χ1v) is 10.5. The summed E-state index contributed by atoms with van der Waals surface area (Å²) in [5.41, 5.74) is 4.24. The molecule has 0 bridgehead atoms. The lowest BCUT2D eigenvalue weighted by Crippen LogP contribution is -2.58. The molecule has 1 aliphatic heterocycles. The third kappa shape index (κ3) is 3.87. The number of fused-ring (bicyclic) bond motifs is 1. The SMILES string of the molecule is COc1cc(-c2cnn(C)c2)cn2ncc(C#CC3CN(C(=O)O)C3Cc3ccccn3)c12. The first-order chi connectivity index (χ1) is 16.0. The highest BCUT2D eigenvalue weighted by Gasteiger charge is 2.41. The Balaban J connectivity index is 1.45. The molecular weight excluding hydrogens is 420 g/mol. The van der Waals surface area contributed by atoms with Crippen molar-refractivity contribution in [3.05, 3.63) is 66.5 Å². The standard InChI is InChI=1S/C24H22N6O3/c1-28-13-19(12-26-28)18-9-22(33-2)23-16(11-27-30(23)15-18)6-7-17-14-29(24(31)32)21(17)10-20-5-3-4-8-25-20/h3-5,8-9,11-13,15,17,21H,10,14H2,1-2H3,(H,31,32). The lowest BCUT2D eigenvalue weighted by Gasteiger charge is -2.43. The van der Waals surface area contributed by atoms with Crippen molar-refractivity contribution in [2.45, 2.75) is 12.5 Å². The number of aryl methyl sites for hydroxylation is 1. The quantitative estimate of drug-likeness (QED) is 0.488. The summed E-state index contributed by atoms with van der Waals surface area (Å²) in [6.07, 6.45) is 8.65. The molecule has 0 aliphatic carbocycles. The minimum atomic E-state index is -0.936. The second-order valence-corrected chi connectivity index (χ2v) is 7.95. The van der Waals surface area contributed by atoms with E-state index in [2.05, 4.69) is 27.0 Å². The van der Waals surface area contributed by atoms with E-state index in [-0.39, 0.29) is 12.0 Å². The van der Waals surface area contributed by atoms with Gasteiger partial charge >= 0.3 is 6.09 Å². The fourth-order valence-corrected chi connectivity index (χ4v) is 4.13. The zero-order chi connectivity index (χ0) is 22.9. The van der Waals surface area contributed by atoms with Gasteiger partial charge in [-0.2, -0.15) is 10.2 Å². The molecule has 2 atom stereocenters. The summed E-state index contributed by atoms with van der Waals surface area (Å²) in [5.74, 6) is 7.05. The Kier molecular flexibility index (Phi) is 5.18. The molecule has 166 valence electrons. The summed E-state index contributed by atoms with van der Waals surface area (Å²) in [6, 6.07) is 7.36. The van der Waals surface area contributed by atoms with Gasteiger partial charge in [0.1, 0.15) is 11.3 Å². The maximum absolute atomic E-state index is 11.6.